The first-order valence-corrected chi connectivity index (χ1v) is 9.91. The molecular formula is C20H28N4O4. The van der Waals surface area contributed by atoms with Gasteiger partial charge in [0.25, 0.3) is 0 Å². The van der Waals surface area contributed by atoms with Gasteiger partial charge in [-0.3, -0.25) is 9.69 Å². The number of nitrogens with zero attached hydrogens (tertiary/aromatic N) is 3. The second-order valence-corrected chi connectivity index (χ2v) is 7.53. The number of aryl methyl sites for hydroxylation is 1. The van der Waals surface area contributed by atoms with Crippen molar-refractivity contribution in [2.24, 2.45) is 7.05 Å². The van der Waals surface area contributed by atoms with Gasteiger partial charge >= 0.3 is 0 Å². The summed E-state index contributed by atoms with van der Waals surface area (Å²) in [6.45, 7) is 3.30. The minimum Gasteiger partial charge on any atom is -0.389 e. The normalized spacial score (nSPS) is 26.0. The molecule has 1 saturated carbocycles. The largest absolute Gasteiger partial charge is 0.389 e. The second kappa shape index (κ2) is 8.57. The van der Waals surface area contributed by atoms with E-state index >= 15 is 0 Å². The topological polar surface area (TPSA) is 88.9 Å². The molecule has 1 aliphatic carbocycles. The Bertz CT molecular complexity index is 818. The van der Waals surface area contributed by atoms with Gasteiger partial charge in [-0.05, 0) is 25.0 Å². The fourth-order valence-corrected chi connectivity index (χ4v) is 4.23. The van der Waals surface area contributed by atoms with Crippen LogP contribution in [0.15, 0.2) is 24.3 Å². The number of benzene rings is 1. The van der Waals surface area contributed by atoms with Crippen LogP contribution in [0.3, 0.4) is 0 Å². The second-order valence-electron chi connectivity index (χ2n) is 7.53. The van der Waals surface area contributed by atoms with Crippen molar-refractivity contribution in [3.8, 4) is 0 Å². The maximum absolute atomic E-state index is 12.3. The summed E-state index contributed by atoms with van der Waals surface area (Å²) in [6, 6.07) is 7.75. The van der Waals surface area contributed by atoms with Gasteiger partial charge in [0.2, 0.25) is 5.91 Å². The molecule has 2 aromatic rings. The fraction of sp³-hybridized carbons (Fsp3) is 0.600. The van der Waals surface area contributed by atoms with Gasteiger partial charge in [0.15, 0.2) is 0 Å². The number of ether oxygens (including phenoxy) is 2. The van der Waals surface area contributed by atoms with Gasteiger partial charge in [-0.25, -0.2) is 4.98 Å². The van der Waals surface area contributed by atoms with Crippen LogP contribution in [0.1, 0.15) is 18.7 Å². The predicted molar refractivity (Wildman–Crippen MR) is 104 cm³/mol. The van der Waals surface area contributed by atoms with Crippen LogP contribution in [0.4, 0.5) is 0 Å². The Kier molecular flexibility index (Phi) is 5.91. The lowest BCUT2D eigenvalue weighted by Gasteiger charge is -2.34. The van der Waals surface area contributed by atoms with Crippen molar-refractivity contribution >= 4 is 16.9 Å². The van der Waals surface area contributed by atoms with Gasteiger partial charge < -0.3 is 24.5 Å². The molecule has 8 heteroatoms. The number of hydrogen-bond donors (Lipinski definition) is 2. The number of nitrogens with one attached hydrogen (secondary N) is 1. The minimum absolute atomic E-state index is 0.0470. The van der Waals surface area contributed by atoms with Crippen molar-refractivity contribution in [1.82, 2.24) is 19.8 Å². The van der Waals surface area contributed by atoms with Crippen LogP contribution in [0, 0.1) is 0 Å². The molecule has 1 saturated heterocycles. The molecule has 2 aliphatic rings. The summed E-state index contributed by atoms with van der Waals surface area (Å²) in [5.41, 5.74) is 1.95. The van der Waals surface area contributed by atoms with Gasteiger partial charge in [-0.2, -0.15) is 0 Å². The third-order valence-corrected chi connectivity index (χ3v) is 5.79. The van der Waals surface area contributed by atoms with E-state index in [1.54, 1.807) is 0 Å². The van der Waals surface area contributed by atoms with Gasteiger partial charge in [0.1, 0.15) is 19.0 Å². The quantitative estimate of drug-likeness (QED) is 0.746. The van der Waals surface area contributed by atoms with Crippen molar-refractivity contribution in [3.63, 3.8) is 0 Å². The highest BCUT2D eigenvalue weighted by atomic mass is 16.5. The van der Waals surface area contributed by atoms with E-state index in [0.717, 1.165) is 42.8 Å². The number of carbonyl (C=O) groups excluding carboxylic acids is 1. The van der Waals surface area contributed by atoms with Crippen LogP contribution < -0.4 is 5.32 Å². The zero-order valence-corrected chi connectivity index (χ0v) is 16.2. The van der Waals surface area contributed by atoms with Crippen molar-refractivity contribution < 1.29 is 19.4 Å². The molecule has 1 aromatic carbocycles. The summed E-state index contributed by atoms with van der Waals surface area (Å²) >= 11 is 0. The number of hydrogen-bond acceptors (Lipinski definition) is 6. The first-order valence-electron chi connectivity index (χ1n) is 9.91. The van der Waals surface area contributed by atoms with Crippen molar-refractivity contribution in [2.75, 3.05) is 32.9 Å². The number of aromatic nitrogens is 2. The number of amides is 1. The Hall–Kier alpha value is -2.00. The zero-order valence-electron chi connectivity index (χ0n) is 16.2. The standard InChI is InChI=1S/C20H28N4O4/c1-23-16-5-3-2-4-14(16)21-18(23)12-28-13-19(25)22-15-6-7-17(20(15)26)24-8-10-27-11-9-24/h2-5,15,17,20,26H,6-13H2,1H3,(H,22,25)/t15-,17-,20-/m1/s1. The Balaban J connectivity index is 1.25. The van der Waals surface area contributed by atoms with Crippen molar-refractivity contribution in [2.45, 2.75) is 37.6 Å². The molecule has 1 aromatic heterocycles. The van der Waals surface area contributed by atoms with E-state index in [4.69, 9.17) is 9.47 Å². The SMILES string of the molecule is Cn1c(COCC(=O)N[C@@H]2CC[C@@H](N3CCOCC3)[C@@H]2O)nc2ccccc21. The molecular weight excluding hydrogens is 360 g/mol. The average molecular weight is 388 g/mol. The molecule has 4 rings (SSSR count). The van der Waals surface area contributed by atoms with Gasteiger partial charge in [0, 0.05) is 26.2 Å². The average Bonchev–Trinajstić information content (AvgIpc) is 3.23. The van der Waals surface area contributed by atoms with Gasteiger partial charge in [-0.15, -0.1) is 0 Å². The molecule has 0 unspecified atom stereocenters. The first-order chi connectivity index (χ1) is 13.6. The molecule has 2 heterocycles. The maximum Gasteiger partial charge on any atom is 0.246 e. The van der Waals surface area contributed by atoms with Crippen LogP contribution >= 0.6 is 0 Å². The Morgan fingerprint density at radius 2 is 2.11 bits per heavy atom. The first kappa shape index (κ1) is 19.3. The highest BCUT2D eigenvalue weighted by Crippen LogP contribution is 2.25. The number of aliphatic hydroxyl groups excluding tert-OH is 1. The van der Waals surface area contributed by atoms with E-state index in [9.17, 15) is 9.90 Å². The van der Waals surface area contributed by atoms with Crippen LogP contribution in [-0.2, 0) is 27.9 Å². The number of carbonyl (C=O) groups is 1. The highest BCUT2D eigenvalue weighted by molar-refractivity contribution is 5.77. The molecule has 3 atom stereocenters. The van der Waals surface area contributed by atoms with E-state index < -0.39 is 6.10 Å². The molecule has 1 amide bonds. The van der Waals surface area contributed by atoms with Gasteiger partial charge in [0.05, 0.1) is 36.4 Å². The number of fused-ring (bicyclic) bond motifs is 1. The molecule has 2 fully saturated rings. The zero-order chi connectivity index (χ0) is 19.5. The fourth-order valence-electron chi connectivity index (χ4n) is 4.23. The molecule has 152 valence electrons. The van der Waals surface area contributed by atoms with E-state index in [1.165, 1.54) is 0 Å². The van der Waals surface area contributed by atoms with Crippen LogP contribution in [0.25, 0.3) is 11.0 Å². The lowest BCUT2D eigenvalue weighted by atomic mass is 10.1. The summed E-state index contributed by atoms with van der Waals surface area (Å²) in [5, 5.41) is 13.5. The van der Waals surface area contributed by atoms with Gasteiger partial charge in [-0.1, -0.05) is 12.1 Å². The molecule has 8 nitrogen and oxygen atoms in total. The number of para-hydroxylation sites is 2. The number of aliphatic hydroxyl groups is 1. The molecule has 0 spiro atoms. The van der Waals surface area contributed by atoms with E-state index in [0.29, 0.717) is 13.2 Å². The summed E-state index contributed by atoms with van der Waals surface area (Å²) in [7, 11) is 1.94. The molecule has 2 N–H and O–H groups in total. The Labute approximate surface area is 164 Å². The van der Waals surface area contributed by atoms with E-state index in [-0.39, 0.29) is 31.2 Å². The minimum atomic E-state index is -0.554. The lowest BCUT2D eigenvalue weighted by Crippen LogP contribution is -2.51. The monoisotopic (exact) mass is 388 g/mol. The third-order valence-electron chi connectivity index (χ3n) is 5.79. The summed E-state index contributed by atoms with van der Waals surface area (Å²) < 4.78 is 12.9. The molecule has 0 bridgehead atoms. The lowest BCUT2D eigenvalue weighted by molar-refractivity contribution is -0.127. The maximum atomic E-state index is 12.3. The van der Waals surface area contributed by atoms with E-state index in [2.05, 4.69) is 15.2 Å². The number of morpholine rings is 1. The van der Waals surface area contributed by atoms with E-state index in [1.807, 2.05) is 35.9 Å². The van der Waals surface area contributed by atoms with Crippen LogP contribution in [0.2, 0.25) is 0 Å². The Morgan fingerprint density at radius 1 is 1.32 bits per heavy atom. The molecule has 28 heavy (non-hydrogen) atoms. The summed E-state index contributed by atoms with van der Waals surface area (Å²) in [5.74, 6) is 0.577. The third kappa shape index (κ3) is 4.05. The number of imidazole rings is 1. The number of rotatable bonds is 6. The molecule has 0 radical (unpaired) electrons. The molecule has 1 aliphatic heterocycles. The van der Waals surface area contributed by atoms with Crippen LogP contribution in [0.5, 0.6) is 0 Å². The van der Waals surface area contributed by atoms with Crippen molar-refractivity contribution in [3.05, 3.63) is 30.1 Å². The van der Waals surface area contributed by atoms with Crippen LogP contribution in [-0.4, -0.2) is 76.6 Å². The highest BCUT2D eigenvalue weighted by Gasteiger charge is 2.39. The summed E-state index contributed by atoms with van der Waals surface area (Å²) in [4.78, 5) is 19.1. The smallest absolute Gasteiger partial charge is 0.246 e. The Morgan fingerprint density at radius 3 is 2.89 bits per heavy atom. The summed E-state index contributed by atoms with van der Waals surface area (Å²) in [6.07, 6.45) is 1.11. The van der Waals surface area contributed by atoms with Crippen molar-refractivity contribution in [1.29, 1.82) is 0 Å². The predicted octanol–water partition coefficient (Wildman–Crippen LogP) is 0.430.